The Labute approximate surface area is 148 Å². The number of anilines is 1. The summed E-state index contributed by atoms with van der Waals surface area (Å²) in [6.45, 7) is 2.64. The highest BCUT2D eigenvalue weighted by Crippen LogP contribution is 2.34. The smallest absolute Gasteiger partial charge is 0.226 e. The van der Waals surface area contributed by atoms with Gasteiger partial charge in [-0.3, -0.25) is 9.78 Å². The quantitative estimate of drug-likeness (QED) is 0.864. The lowest BCUT2D eigenvalue weighted by Crippen LogP contribution is -2.42. The Kier molecular flexibility index (Phi) is 4.63. The highest BCUT2D eigenvalue weighted by Gasteiger charge is 2.35. The summed E-state index contributed by atoms with van der Waals surface area (Å²) in [7, 11) is 0. The molecule has 0 N–H and O–H groups in total. The molecule has 2 saturated heterocycles. The van der Waals surface area contributed by atoms with Gasteiger partial charge in [0.1, 0.15) is 5.82 Å². The van der Waals surface area contributed by atoms with E-state index in [0.717, 1.165) is 51.1 Å². The fourth-order valence-corrected chi connectivity index (χ4v) is 4.10. The number of piperidine rings is 1. The molecule has 0 bridgehead atoms. The van der Waals surface area contributed by atoms with Crippen LogP contribution in [0.25, 0.3) is 0 Å². The van der Waals surface area contributed by atoms with Crippen LogP contribution in [0.2, 0.25) is 0 Å². The SMILES string of the molecule is O=C(C1CCN(c2cnccn2)CC1)N1CCCC1c1ccccc1. The van der Waals surface area contributed by atoms with Gasteiger partial charge >= 0.3 is 0 Å². The zero-order valence-electron chi connectivity index (χ0n) is 14.4. The second kappa shape index (κ2) is 7.21. The Hall–Kier alpha value is -2.43. The maximum atomic E-state index is 13.1. The van der Waals surface area contributed by atoms with E-state index in [2.05, 4.69) is 44.0 Å². The van der Waals surface area contributed by atoms with Crippen molar-refractivity contribution < 1.29 is 4.79 Å². The standard InChI is InChI=1S/C20H24N4O/c25-20(24-12-4-7-18(24)16-5-2-1-3-6-16)17-8-13-23(14-9-17)19-15-21-10-11-22-19/h1-3,5-6,10-11,15,17-18H,4,7-9,12-14H2. The zero-order chi connectivity index (χ0) is 17.1. The molecule has 1 amide bonds. The Morgan fingerprint density at radius 1 is 1.00 bits per heavy atom. The van der Waals surface area contributed by atoms with Gasteiger partial charge in [-0.25, -0.2) is 4.98 Å². The largest absolute Gasteiger partial charge is 0.355 e. The molecule has 3 heterocycles. The molecule has 5 nitrogen and oxygen atoms in total. The summed E-state index contributed by atoms with van der Waals surface area (Å²) in [6, 6.07) is 10.7. The summed E-state index contributed by atoms with van der Waals surface area (Å²) in [5.41, 5.74) is 1.27. The lowest BCUT2D eigenvalue weighted by molar-refractivity contribution is -0.137. The van der Waals surface area contributed by atoms with Gasteiger partial charge in [0.05, 0.1) is 12.2 Å². The van der Waals surface area contributed by atoms with Crippen LogP contribution in [-0.4, -0.2) is 40.4 Å². The first kappa shape index (κ1) is 16.1. The molecule has 130 valence electrons. The van der Waals surface area contributed by atoms with Gasteiger partial charge in [-0.15, -0.1) is 0 Å². The summed E-state index contributed by atoms with van der Waals surface area (Å²) in [4.78, 5) is 26.0. The van der Waals surface area contributed by atoms with Gasteiger partial charge in [-0.2, -0.15) is 0 Å². The van der Waals surface area contributed by atoms with Crippen molar-refractivity contribution in [3.8, 4) is 0 Å². The van der Waals surface area contributed by atoms with Crippen LogP contribution >= 0.6 is 0 Å². The third kappa shape index (κ3) is 3.36. The van der Waals surface area contributed by atoms with Crippen molar-refractivity contribution in [1.82, 2.24) is 14.9 Å². The van der Waals surface area contributed by atoms with Crippen molar-refractivity contribution in [2.24, 2.45) is 5.92 Å². The van der Waals surface area contributed by atoms with E-state index in [1.165, 1.54) is 5.56 Å². The van der Waals surface area contributed by atoms with Crippen molar-refractivity contribution in [1.29, 1.82) is 0 Å². The van der Waals surface area contributed by atoms with Crippen molar-refractivity contribution >= 4 is 11.7 Å². The number of hydrogen-bond acceptors (Lipinski definition) is 4. The number of rotatable bonds is 3. The predicted octanol–water partition coefficient (Wildman–Crippen LogP) is 3.06. The molecule has 2 aliphatic heterocycles. The highest BCUT2D eigenvalue weighted by molar-refractivity contribution is 5.80. The van der Waals surface area contributed by atoms with Crippen LogP contribution < -0.4 is 4.90 Å². The van der Waals surface area contributed by atoms with Gasteiger partial charge < -0.3 is 9.80 Å². The van der Waals surface area contributed by atoms with E-state index in [1.807, 2.05) is 6.07 Å². The molecular formula is C20H24N4O. The topological polar surface area (TPSA) is 49.3 Å². The number of nitrogens with zero attached hydrogens (tertiary/aromatic N) is 4. The monoisotopic (exact) mass is 336 g/mol. The highest BCUT2D eigenvalue weighted by atomic mass is 16.2. The van der Waals surface area contributed by atoms with Gasteiger partial charge in [0.25, 0.3) is 0 Å². The maximum absolute atomic E-state index is 13.1. The third-order valence-corrected chi connectivity index (χ3v) is 5.44. The second-order valence-corrected chi connectivity index (χ2v) is 6.93. The first-order chi connectivity index (χ1) is 12.3. The van der Waals surface area contributed by atoms with Crippen LogP contribution in [0.3, 0.4) is 0 Å². The number of amides is 1. The number of carbonyl (C=O) groups excluding carboxylic acids is 1. The number of aromatic nitrogens is 2. The van der Waals surface area contributed by atoms with Gasteiger partial charge in [-0.05, 0) is 31.2 Å². The van der Waals surface area contributed by atoms with Gasteiger partial charge in [0.15, 0.2) is 0 Å². The fraction of sp³-hybridized carbons (Fsp3) is 0.450. The molecule has 2 fully saturated rings. The summed E-state index contributed by atoms with van der Waals surface area (Å²) in [5.74, 6) is 1.39. The number of likely N-dealkylation sites (tertiary alicyclic amines) is 1. The predicted molar refractivity (Wildman–Crippen MR) is 97.1 cm³/mol. The minimum Gasteiger partial charge on any atom is -0.355 e. The van der Waals surface area contributed by atoms with Crippen molar-refractivity contribution in [3.63, 3.8) is 0 Å². The summed E-state index contributed by atoms with van der Waals surface area (Å²) in [5, 5.41) is 0. The molecule has 0 saturated carbocycles. The molecule has 2 aliphatic rings. The molecular weight excluding hydrogens is 312 g/mol. The lowest BCUT2D eigenvalue weighted by atomic mass is 9.94. The molecule has 0 spiro atoms. The Morgan fingerprint density at radius 2 is 1.80 bits per heavy atom. The minimum atomic E-state index is 0.136. The molecule has 4 rings (SSSR count). The van der Waals surface area contributed by atoms with E-state index >= 15 is 0 Å². The van der Waals surface area contributed by atoms with E-state index in [4.69, 9.17) is 0 Å². The molecule has 0 aliphatic carbocycles. The van der Waals surface area contributed by atoms with Crippen LogP contribution in [0, 0.1) is 5.92 Å². The maximum Gasteiger partial charge on any atom is 0.226 e. The fourth-order valence-electron chi connectivity index (χ4n) is 4.10. The Morgan fingerprint density at radius 3 is 2.52 bits per heavy atom. The number of carbonyl (C=O) groups is 1. The Bertz CT molecular complexity index is 698. The van der Waals surface area contributed by atoms with E-state index in [0.29, 0.717) is 5.91 Å². The molecule has 0 radical (unpaired) electrons. The van der Waals surface area contributed by atoms with E-state index < -0.39 is 0 Å². The van der Waals surface area contributed by atoms with Crippen LogP contribution in [0.1, 0.15) is 37.3 Å². The Balaban J connectivity index is 1.40. The van der Waals surface area contributed by atoms with Crippen LogP contribution in [0.4, 0.5) is 5.82 Å². The van der Waals surface area contributed by atoms with Gasteiger partial charge in [0, 0.05) is 37.9 Å². The first-order valence-corrected chi connectivity index (χ1v) is 9.19. The van der Waals surface area contributed by atoms with Gasteiger partial charge in [-0.1, -0.05) is 30.3 Å². The second-order valence-electron chi connectivity index (χ2n) is 6.93. The average molecular weight is 336 g/mol. The third-order valence-electron chi connectivity index (χ3n) is 5.44. The normalized spacial score (nSPS) is 21.5. The van der Waals surface area contributed by atoms with Crippen LogP contribution in [0.15, 0.2) is 48.9 Å². The molecule has 25 heavy (non-hydrogen) atoms. The summed E-state index contributed by atoms with van der Waals surface area (Å²) >= 11 is 0. The molecule has 1 aromatic heterocycles. The molecule has 5 heteroatoms. The van der Waals surface area contributed by atoms with Crippen LogP contribution in [-0.2, 0) is 4.79 Å². The summed E-state index contributed by atoms with van der Waals surface area (Å²) < 4.78 is 0. The van der Waals surface area contributed by atoms with Crippen molar-refractivity contribution in [2.75, 3.05) is 24.5 Å². The van der Waals surface area contributed by atoms with Crippen molar-refractivity contribution in [2.45, 2.75) is 31.7 Å². The first-order valence-electron chi connectivity index (χ1n) is 9.19. The molecule has 2 aromatic rings. The minimum absolute atomic E-state index is 0.136. The number of benzene rings is 1. The lowest BCUT2D eigenvalue weighted by Gasteiger charge is -2.35. The molecule has 1 unspecified atom stereocenters. The van der Waals surface area contributed by atoms with E-state index in [9.17, 15) is 4.79 Å². The van der Waals surface area contributed by atoms with E-state index in [-0.39, 0.29) is 12.0 Å². The average Bonchev–Trinajstić information content (AvgIpc) is 3.19. The van der Waals surface area contributed by atoms with E-state index in [1.54, 1.807) is 18.6 Å². The molecule has 1 atom stereocenters. The zero-order valence-corrected chi connectivity index (χ0v) is 14.4. The summed E-state index contributed by atoms with van der Waals surface area (Å²) in [6.07, 6.45) is 9.19. The number of hydrogen-bond donors (Lipinski definition) is 0. The van der Waals surface area contributed by atoms with Crippen molar-refractivity contribution in [3.05, 3.63) is 54.5 Å². The van der Waals surface area contributed by atoms with Crippen LogP contribution in [0.5, 0.6) is 0 Å². The van der Waals surface area contributed by atoms with Gasteiger partial charge in [0.2, 0.25) is 5.91 Å². The molecule has 1 aromatic carbocycles.